The van der Waals surface area contributed by atoms with Crippen molar-refractivity contribution >= 4 is 26.8 Å². The first-order chi connectivity index (χ1) is 10.8. The Hall–Kier alpha value is -2.32. The topological polar surface area (TPSA) is 4.93 Å². The lowest BCUT2D eigenvalue weighted by atomic mass is 10.1. The molecule has 0 unspecified atom stereocenters. The van der Waals surface area contributed by atoms with Gasteiger partial charge in [0.2, 0.25) is 0 Å². The molecule has 0 aliphatic carbocycles. The summed E-state index contributed by atoms with van der Waals surface area (Å²) in [6.45, 7) is 0. The summed E-state index contributed by atoms with van der Waals surface area (Å²) >= 11 is 3.50. The molecule has 0 atom stereocenters. The summed E-state index contributed by atoms with van der Waals surface area (Å²) in [7, 11) is 0. The molecule has 106 valence electrons. The maximum atomic E-state index is 3.50. The standard InChI is InChI=1S/C20H14BrN/c21-16-12-10-15(11-13-16)19-14-22(17-6-2-1-3-7-17)20-9-5-4-8-18(19)20/h1-14H. The van der Waals surface area contributed by atoms with Gasteiger partial charge in [0.1, 0.15) is 0 Å². The Morgan fingerprint density at radius 2 is 1.36 bits per heavy atom. The zero-order chi connectivity index (χ0) is 14.9. The van der Waals surface area contributed by atoms with Crippen molar-refractivity contribution in [1.82, 2.24) is 4.57 Å². The van der Waals surface area contributed by atoms with E-state index in [1.807, 2.05) is 6.07 Å². The maximum Gasteiger partial charge on any atom is 0.0534 e. The van der Waals surface area contributed by atoms with E-state index in [-0.39, 0.29) is 0 Å². The molecule has 0 N–H and O–H groups in total. The van der Waals surface area contributed by atoms with E-state index >= 15 is 0 Å². The van der Waals surface area contributed by atoms with Gasteiger partial charge in [-0.15, -0.1) is 0 Å². The molecule has 1 heterocycles. The quantitative estimate of drug-likeness (QED) is 0.415. The van der Waals surface area contributed by atoms with E-state index in [0.29, 0.717) is 0 Å². The van der Waals surface area contributed by atoms with Crippen LogP contribution in [0, 0.1) is 0 Å². The second-order valence-electron chi connectivity index (χ2n) is 5.27. The van der Waals surface area contributed by atoms with Gasteiger partial charge in [-0.05, 0) is 35.9 Å². The van der Waals surface area contributed by atoms with E-state index in [1.54, 1.807) is 0 Å². The summed E-state index contributed by atoms with van der Waals surface area (Å²) in [5.74, 6) is 0. The Balaban J connectivity index is 1.99. The van der Waals surface area contributed by atoms with Crippen LogP contribution >= 0.6 is 15.9 Å². The number of halogens is 1. The molecule has 22 heavy (non-hydrogen) atoms. The van der Waals surface area contributed by atoms with Crippen molar-refractivity contribution in [1.29, 1.82) is 0 Å². The smallest absolute Gasteiger partial charge is 0.0534 e. The van der Waals surface area contributed by atoms with Crippen molar-refractivity contribution in [2.75, 3.05) is 0 Å². The normalized spacial score (nSPS) is 11.0. The minimum Gasteiger partial charge on any atom is -0.316 e. The number of fused-ring (bicyclic) bond motifs is 1. The number of aromatic nitrogens is 1. The van der Waals surface area contributed by atoms with Gasteiger partial charge in [-0.2, -0.15) is 0 Å². The first-order valence-electron chi connectivity index (χ1n) is 7.24. The van der Waals surface area contributed by atoms with Crippen LogP contribution in [0.3, 0.4) is 0 Å². The van der Waals surface area contributed by atoms with E-state index in [2.05, 4.69) is 99.5 Å². The number of para-hydroxylation sites is 2. The van der Waals surface area contributed by atoms with Crippen LogP contribution in [0.5, 0.6) is 0 Å². The second-order valence-corrected chi connectivity index (χ2v) is 6.19. The molecular formula is C20H14BrN. The number of hydrogen-bond donors (Lipinski definition) is 0. The molecular weight excluding hydrogens is 334 g/mol. The molecule has 0 saturated carbocycles. The highest BCUT2D eigenvalue weighted by atomic mass is 79.9. The Kier molecular flexibility index (Phi) is 3.32. The van der Waals surface area contributed by atoms with Gasteiger partial charge in [-0.25, -0.2) is 0 Å². The number of benzene rings is 3. The Labute approximate surface area is 138 Å². The first kappa shape index (κ1) is 13.4. The average Bonchev–Trinajstić information content (AvgIpc) is 2.96. The summed E-state index contributed by atoms with van der Waals surface area (Å²) in [5, 5.41) is 1.27. The van der Waals surface area contributed by atoms with Crippen molar-refractivity contribution < 1.29 is 0 Å². The maximum absolute atomic E-state index is 3.50. The molecule has 0 spiro atoms. The second kappa shape index (κ2) is 5.47. The molecule has 0 aliphatic rings. The van der Waals surface area contributed by atoms with Crippen molar-refractivity contribution in [2.45, 2.75) is 0 Å². The SMILES string of the molecule is Brc1ccc(-c2cn(-c3ccccc3)c3ccccc23)cc1. The van der Waals surface area contributed by atoms with E-state index < -0.39 is 0 Å². The minimum atomic E-state index is 1.10. The van der Waals surface area contributed by atoms with E-state index in [9.17, 15) is 0 Å². The molecule has 2 heteroatoms. The van der Waals surface area contributed by atoms with E-state index in [1.165, 1.54) is 27.7 Å². The van der Waals surface area contributed by atoms with Gasteiger partial charge in [0, 0.05) is 27.3 Å². The lowest BCUT2D eigenvalue weighted by Gasteiger charge is -2.04. The third kappa shape index (κ3) is 2.26. The fourth-order valence-electron chi connectivity index (χ4n) is 2.84. The highest BCUT2D eigenvalue weighted by molar-refractivity contribution is 9.10. The molecule has 0 radical (unpaired) electrons. The number of nitrogens with zero attached hydrogens (tertiary/aromatic N) is 1. The van der Waals surface area contributed by atoms with Crippen LogP contribution in [-0.4, -0.2) is 4.57 Å². The summed E-state index contributed by atoms with van der Waals surface area (Å²) < 4.78 is 3.36. The van der Waals surface area contributed by atoms with Crippen LogP contribution in [0.1, 0.15) is 0 Å². The van der Waals surface area contributed by atoms with Crippen LogP contribution in [0.15, 0.2) is 89.5 Å². The molecule has 1 nitrogen and oxygen atoms in total. The van der Waals surface area contributed by atoms with Gasteiger partial charge < -0.3 is 4.57 Å². The zero-order valence-corrected chi connectivity index (χ0v) is 13.5. The molecule has 4 rings (SSSR count). The van der Waals surface area contributed by atoms with E-state index in [4.69, 9.17) is 0 Å². The molecule has 3 aromatic carbocycles. The molecule has 0 saturated heterocycles. The monoisotopic (exact) mass is 347 g/mol. The summed E-state index contributed by atoms with van der Waals surface area (Å²) in [5.41, 5.74) is 4.90. The Morgan fingerprint density at radius 3 is 2.14 bits per heavy atom. The first-order valence-corrected chi connectivity index (χ1v) is 8.04. The highest BCUT2D eigenvalue weighted by Crippen LogP contribution is 2.33. The third-order valence-corrected chi connectivity index (χ3v) is 4.43. The molecule has 0 bridgehead atoms. The van der Waals surface area contributed by atoms with Crippen LogP contribution in [0.2, 0.25) is 0 Å². The average molecular weight is 348 g/mol. The summed E-state index contributed by atoms with van der Waals surface area (Å²) in [6, 6.07) is 27.5. The van der Waals surface area contributed by atoms with Gasteiger partial charge in [0.15, 0.2) is 0 Å². The lowest BCUT2D eigenvalue weighted by molar-refractivity contribution is 1.13. The molecule has 0 amide bonds. The van der Waals surface area contributed by atoms with Crippen molar-refractivity contribution in [3.63, 3.8) is 0 Å². The predicted octanol–water partition coefficient (Wildman–Crippen LogP) is 6.06. The molecule has 4 aromatic rings. The molecule has 0 fully saturated rings. The highest BCUT2D eigenvalue weighted by Gasteiger charge is 2.10. The van der Waals surface area contributed by atoms with Gasteiger partial charge >= 0.3 is 0 Å². The third-order valence-electron chi connectivity index (χ3n) is 3.90. The number of hydrogen-bond acceptors (Lipinski definition) is 0. The molecule has 0 aliphatic heterocycles. The van der Waals surface area contributed by atoms with Gasteiger partial charge in [0.25, 0.3) is 0 Å². The minimum absolute atomic E-state index is 1.10. The van der Waals surface area contributed by atoms with Crippen molar-refractivity contribution in [2.24, 2.45) is 0 Å². The fourth-order valence-corrected chi connectivity index (χ4v) is 3.11. The Bertz CT molecular complexity index is 921. The molecule has 1 aromatic heterocycles. The van der Waals surface area contributed by atoms with Crippen molar-refractivity contribution in [3.8, 4) is 16.8 Å². The van der Waals surface area contributed by atoms with Crippen LogP contribution in [-0.2, 0) is 0 Å². The number of rotatable bonds is 2. The summed E-state index contributed by atoms with van der Waals surface area (Å²) in [4.78, 5) is 0. The van der Waals surface area contributed by atoms with Gasteiger partial charge in [0.05, 0.1) is 5.52 Å². The van der Waals surface area contributed by atoms with Gasteiger partial charge in [-0.1, -0.05) is 64.5 Å². The van der Waals surface area contributed by atoms with Crippen LogP contribution < -0.4 is 0 Å². The van der Waals surface area contributed by atoms with Crippen LogP contribution in [0.4, 0.5) is 0 Å². The lowest BCUT2D eigenvalue weighted by Crippen LogP contribution is -1.90. The van der Waals surface area contributed by atoms with Crippen LogP contribution in [0.25, 0.3) is 27.7 Å². The zero-order valence-electron chi connectivity index (χ0n) is 11.9. The summed E-state index contributed by atoms with van der Waals surface area (Å²) in [6.07, 6.45) is 2.23. The Morgan fingerprint density at radius 1 is 0.682 bits per heavy atom. The predicted molar refractivity (Wildman–Crippen MR) is 96.4 cm³/mol. The van der Waals surface area contributed by atoms with Crippen molar-refractivity contribution in [3.05, 3.63) is 89.5 Å². The fraction of sp³-hybridized carbons (Fsp3) is 0. The van der Waals surface area contributed by atoms with E-state index in [0.717, 1.165) is 4.47 Å². The van der Waals surface area contributed by atoms with Gasteiger partial charge in [-0.3, -0.25) is 0 Å². The largest absolute Gasteiger partial charge is 0.316 e.